The minimum absolute atomic E-state index is 0.104. The lowest BCUT2D eigenvalue weighted by Crippen LogP contribution is -2.32. The summed E-state index contributed by atoms with van der Waals surface area (Å²) in [5, 5.41) is 2.42. The van der Waals surface area contributed by atoms with E-state index in [1.165, 1.54) is 13.2 Å². The van der Waals surface area contributed by atoms with Crippen LogP contribution in [0, 0.1) is 0 Å². The molecule has 0 spiro atoms. The van der Waals surface area contributed by atoms with Crippen LogP contribution in [0.4, 0.5) is 23.7 Å². The fourth-order valence-electron chi connectivity index (χ4n) is 2.03. The second-order valence-electron chi connectivity index (χ2n) is 4.51. The van der Waals surface area contributed by atoms with Gasteiger partial charge in [0, 0.05) is 20.1 Å². The zero-order valence-corrected chi connectivity index (χ0v) is 11.1. The van der Waals surface area contributed by atoms with Gasteiger partial charge in [-0.05, 0) is 18.2 Å². The first-order valence-corrected chi connectivity index (χ1v) is 6.15. The Kier molecular flexibility index (Phi) is 4.17. The van der Waals surface area contributed by atoms with Gasteiger partial charge in [0.15, 0.2) is 0 Å². The summed E-state index contributed by atoms with van der Waals surface area (Å²) in [6.45, 7) is 0.257. The van der Waals surface area contributed by atoms with Gasteiger partial charge in [-0.2, -0.15) is 13.2 Å². The third-order valence-electron chi connectivity index (χ3n) is 3.06. The number of carbonyl (C=O) groups excluding carboxylic acids is 2. The first kappa shape index (κ1) is 15.3. The Morgan fingerprint density at radius 1 is 1.33 bits per heavy atom. The van der Waals surface area contributed by atoms with Crippen LogP contribution in [0.1, 0.15) is 12.0 Å². The number of carbonyl (C=O) groups is 2. The molecule has 0 aromatic heterocycles. The van der Waals surface area contributed by atoms with Gasteiger partial charge in [-0.25, -0.2) is 9.69 Å². The van der Waals surface area contributed by atoms with Crippen molar-refractivity contribution in [3.05, 3.63) is 29.8 Å². The van der Waals surface area contributed by atoms with Gasteiger partial charge in [-0.15, -0.1) is 0 Å². The molecule has 1 aromatic rings. The van der Waals surface area contributed by atoms with Gasteiger partial charge in [0.25, 0.3) is 5.91 Å². The third kappa shape index (κ3) is 3.15. The molecule has 0 radical (unpaired) electrons. The van der Waals surface area contributed by atoms with E-state index in [-0.39, 0.29) is 18.7 Å². The molecule has 0 bridgehead atoms. The lowest BCUT2D eigenvalue weighted by atomic mass is 10.1. The molecule has 1 atom stereocenters. The van der Waals surface area contributed by atoms with Crippen molar-refractivity contribution in [1.82, 2.24) is 5.32 Å². The summed E-state index contributed by atoms with van der Waals surface area (Å²) in [6, 6.07) is 2.57. The number of ether oxygens (including phenoxy) is 1. The Morgan fingerprint density at radius 3 is 2.67 bits per heavy atom. The van der Waals surface area contributed by atoms with Crippen LogP contribution in [0.2, 0.25) is 0 Å². The highest BCUT2D eigenvalue weighted by atomic mass is 19.4. The van der Waals surface area contributed by atoms with Crippen molar-refractivity contribution < 1.29 is 27.5 Å². The molecule has 1 saturated heterocycles. The number of urea groups is 1. The number of methoxy groups -OCH3 is 1. The topological polar surface area (TPSA) is 58.6 Å². The molecule has 2 rings (SSSR count). The summed E-state index contributed by atoms with van der Waals surface area (Å²) in [4.78, 5) is 24.6. The van der Waals surface area contributed by atoms with Gasteiger partial charge >= 0.3 is 12.2 Å². The van der Waals surface area contributed by atoms with Crippen LogP contribution in [-0.2, 0) is 15.7 Å². The maximum atomic E-state index is 12.7. The van der Waals surface area contributed by atoms with E-state index >= 15 is 0 Å². The number of benzene rings is 1. The van der Waals surface area contributed by atoms with Crippen LogP contribution in [0.5, 0.6) is 0 Å². The molecule has 1 unspecified atom stereocenters. The summed E-state index contributed by atoms with van der Waals surface area (Å²) < 4.78 is 42.8. The highest BCUT2D eigenvalue weighted by Crippen LogP contribution is 2.32. The van der Waals surface area contributed by atoms with E-state index in [0.717, 1.165) is 23.1 Å². The maximum Gasteiger partial charge on any atom is 0.416 e. The quantitative estimate of drug-likeness (QED) is 0.867. The van der Waals surface area contributed by atoms with Crippen molar-refractivity contribution in [2.75, 3.05) is 18.6 Å². The predicted molar refractivity (Wildman–Crippen MR) is 67.7 cm³/mol. The smallest absolute Gasteiger partial charge is 0.385 e. The zero-order valence-electron chi connectivity index (χ0n) is 11.1. The first-order valence-electron chi connectivity index (χ1n) is 6.15. The number of amides is 3. The maximum absolute atomic E-state index is 12.7. The second-order valence-corrected chi connectivity index (χ2v) is 4.51. The van der Waals surface area contributed by atoms with Crippen molar-refractivity contribution in [3.63, 3.8) is 0 Å². The Bertz CT molecular complexity index is 560. The highest BCUT2D eigenvalue weighted by Gasteiger charge is 2.39. The number of hydrogen-bond acceptors (Lipinski definition) is 3. The number of alkyl halides is 3. The summed E-state index contributed by atoms with van der Waals surface area (Å²) in [6.07, 6.45) is -4.28. The normalized spacial score (nSPS) is 19.0. The number of nitrogens with zero attached hydrogens (tertiary/aromatic N) is 1. The van der Waals surface area contributed by atoms with Gasteiger partial charge in [-0.1, -0.05) is 6.07 Å². The van der Waals surface area contributed by atoms with Gasteiger partial charge in [0.1, 0.15) is 6.04 Å². The molecular weight excluding hydrogens is 289 g/mol. The molecule has 0 saturated carbocycles. The van der Waals surface area contributed by atoms with Crippen molar-refractivity contribution in [3.8, 4) is 0 Å². The molecule has 0 aliphatic carbocycles. The lowest BCUT2D eigenvalue weighted by molar-refractivity contribution is -0.137. The largest absolute Gasteiger partial charge is 0.416 e. The summed E-state index contributed by atoms with van der Waals surface area (Å²) >= 11 is 0. The SMILES string of the molecule is COCCC1NC(=O)N(c2cccc(C(F)(F)F)c2)C1=O. The van der Waals surface area contributed by atoms with Crippen LogP contribution < -0.4 is 10.2 Å². The number of anilines is 1. The molecule has 1 heterocycles. The molecule has 1 fully saturated rings. The minimum atomic E-state index is -4.54. The molecule has 1 N–H and O–H groups in total. The minimum Gasteiger partial charge on any atom is -0.385 e. The lowest BCUT2D eigenvalue weighted by Gasteiger charge is -2.15. The molecule has 3 amide bonds. The van der Waals surface area contributed by atoms with Gasteiger partial charge in [-0.3, -0.25) is 4.79 Å². The Hall–Kier alpha value is -2.09. The van der Waals surface area contributed by atoms with E-state index in [1.54, 1.807) is 0 Å². The van der Waals surface area contributed by atoms with Gasteiger partial charge in [0.05, 0.1) is 11.3 Å². The van der Waals surface area contributed by atoms with E-state index in [9.17, 15) is 22.8 Å². The summed E-state index contributed by atoms with van der Waals surface area (Å²) in [5.41, 5.74) is -1.02. The monoisotopic (exact) mass is 302 g/mol. The standard InChI is InChI=1S/C13H13F3N2O3/c1-21-6-5-10-11(19)18(12(20)17-10)9-4-2-3-8(7-9)13(14,15)16/h2-4,7,10H,5-6H2,1H3,(H,17,20). The van der Waals surface area contributed by atoms with E-state index in [1.807, 2.05) is 0 Å². The number of hydrogen-bond donors (Lipinski definition) is 1. The number of halogens is 3. The zero-order chi connectivity index (χ0) is 15.6. The Labute approximate surface area is 118 Å². The molecule has 114 valence electrons. The fourth-order valence-corrected chi connectivity index (χ4v) is 2.03. The molecule has 21 heavy (non-hydrogen) atoms. The van der Waals surface area contributed by atoms with Crippen LogP contribution in [-0.4, -0.2) is 31.7 Å². The van der Waals surface area contributed by atoms with Crippen molar-refractivity contribution in [2.45, 2.75) is 18.6 Å². The summed E-state index contributed by atoms with van der Waals surface area (Å²) in [7, 11) is 1.45. The van der Waals surface area contributed by atoms with E-state index < -0.39 is 29.7 Å². The molecule has 1 aliphatic heterocycles. The van der Waals surface area contributed by atoms with Crippen LogP contribution in [0.25, 0.3) is 0 Å². The Morgan fingerprint density at radius 2 is 2.05 bits per heavy atom. The highest BCUT2D eigenvalue weighted by molar-refractivity contribution is 6.21. The van der Waals surface area contributed by atoms with Crippen molar-refractivity contribution >= 4 is 17.6 Å². The van der Waals surface area contributed by atoms with Crippen molar-refractivity contribution in [2.24, 2.45) is 0 Å². The third-order valence-corrected chi connectivity index (χ3v) is 3.06. The van der Waals surface area contributed by atoms with Crippen LogP contribution in [0.15, 0.2) is 24.3 Å². The summed E-state index contributed by atoms with van der Waals surface area (Å²) in [5.74, 6) is -0.587. The van der Waals surface area contributed by atoms with E-state index in [4.69, 9.17) is 4.74 Å². The van der Waals surface area contributed by atoms with Crippen LogP contribution in [0.3, 0.4) is 0 Å². The average Bonchev–Trinajstić information content (AvgIpc) is 2.70. The van der Waals surface area contributed by atoms with Crippen LogP contribution >= 0.6 is 0 Å². The second kappa shape index (κ2) is 5.72. The molecular formula is C13H13F3N2O3. The Balaban J connectivity index is 2.26. The molecule has 8 heteroatoms. The number of rotatable bonds is 4. The van der Waals surface area contributed by atoms with E-state index in [2.05, 4.69) is 5.32 Å². The number of nitrogens with one attached hydrogen (secondary N) is 1. The van der Waals surface area contributed by atoms with E-state index in [0.29, 0.717) is 0 Å². The molecule has 1 aliphatic rings. The predicted octanol–water partition coefficient (Wildman–Crippen LogP) is 2.17. The number of imide groups is 1. The fraction of sp³-hybridized carbons (Fsp3) is 0.385. The van der Waals surface area contributed by atoms with Gasteiger partial charge in [0.2, 0.25) is 0 Å². The average molecular weight is 302 g/mol. The van der Waals surface area contributed by atoms with Gasteiger partial charge < -0.3 is 10.1 Å². The van der Waals surface area contributed by atoms with Crippen molar-refractivity contribution in [1.29, 1.82) is 0 Å². The molecule has 1 aromatic carbocycles. The first-order chi connectivity index (χ1) is 9.84. The molecule has 5 nitrogen and oxygen atoms in total.